The molecule has 0 aliphatic rings. The van der Waals surface area contributed by atoms with Gasteiger partial charge in [-0.05, 0) is 19.4 Å². The van der Waals surface area contributed by atoms with Crippen LogP contribution < -0.4 is 4.74 Å². The second kappa shape index (κ2) is 8.09. The Kier molecular flexibility index (Phi) is 6.67. The molecule has 0 aromatic heterocycles. The van der Waals surface area contributed by atoms with E-state index in [2.05, 4.69) is 6.92 Å². The van der Waals surface area contributed by atoms with Crippen LogP contribution in [0.5, 0.6) is 5.75 Å². The van der Waals surface area contributed by atoms with Crippen LogP contribution in [0.2, 0.25) is 0 Å². The average Bonchev–Trinajstić information content (AvgIpc) is 2.34. The Morgan fingerprint density at radius 3 is 2.65 bits per heavy atom. The maximum absolute atomic E-state index is 9.57. The van der Waals surface area contributed by atoms with E-state index in [-0.39, 0.29) is 0 Å². The van der Waals surface area contributed by atoms with Crippen LogP contribution >= 0.6 is 0 Å². The Morgan fingerprint density at radius 2 is 1.94 bits per heavy atom. The summed E-state index contributed by atoms with van der Waals surface area (Å²) in [5.74, 6) is 0.738. The Balaban J connectivity index is 2.31. The van der Waals surface area contributed by atoms with Gasteiger partial charge >= 0.3 is 0 Å². The SMILES string of the molecule is CCCCOCCOc1ccccc1[C@H](C)O. The first-order chi connectivity index (χ1) is 8.25. The van der Waals surface area contributed by atoms with Gasteiger partial charge in [-0.15, -0.1) is 0 Å². The van der Waals surface area contributed by atoms with Crippen molar-refractivity contribution in [2.24, 2.45) is 0 Å². The van der Waals surface area contributed by atoms with Gasteiger partial charge in [0.05, 0.1) is 12.7 Å². The molecule has 0 aliphatic carbocycles. The van der Waals surface area contributed by atoms with Crippen LogP contribution in [0.15, 0.2) is 24.3 Å². The number of unbranched alkanes of at least 4 members (excludes halogenated alkanes) is 1. The summed E-state index contributed by atoms with van der Waals surface area (Å²) in [5, 5.41) is 9.57. The summed E-state index contributed by atoms with van der Waals surface area (Å²) < 4.78 is 11.0. The van der Waals surface area contributed by atoms with Crippen molar-refractivity contribution in [3.8, 4) is 5.75 Å². The van der Waals surface area contributed by atoms with E-state index in [4.69, 9.17) is 9.47 Å². The number of hydrogen-bond acceptors (Lipinski definition) is 3. The standard InChI is InChI=1S/C14H22O3/c1-3-4-9-16-10-11-17-14-8-6-5-7-13(14)12(2)15/h5-8,12,15H,3-4,9-11H2,1-2H3/t12-/m0/s1. The van der Waals surface area contributed by atoms with Crippen LogP contribution in [0, 0.1) is 0 Å². The summed E-state index contributed by atoms with van der Waals surface area (Å²) >= 11 is 0. The van der Waals surface area contributed by atoms with E-state index < -0.39 is 6.10 Å². The molecule has 1 rings (SSSR count). The van der Waals surface area contributed by atoms with Crippen molar-refractivity contribution < 1.29 is 14.6 Å². The average molecular weight is 238 g/mol. The quantitative estimate of drug-likeness (QED) is 0.708. The molecule has 0 bridgehead atoms. The molecule has 0 amide bonds. The first-order valence-electron chi connectivity index (χ1n) is 6.23. The summed E-state index contributed by atoms with van der Waals surface area (Å²) in [6.45, 7) is 5.78. The molecule has 0 saturated heterocycles. The first-order valence-corrected chi connectivity index (χ1v) is 6.23. The highest BCUT2D eigenvalue weighted by Gasteiger charge is 2.07. The van der Waals surface area contributed by atoms with Crippen molar-refractivity contribution in [3.63, 3.8) is 0 Å². The van der Waals surface area contributed by atoms with Crippen LogP contribution in [-0.4, -0.2) is 24.9 Å². The molecule has 3 nitrogen and oxygen atoms in total. The molecule has 0 heterocycles. The maximum Gasteiger partial charge on any atom is 0.125 e. The Morgan fingerprint density at radius 1 is 1.18 bits per heavy atom. The molecule has 0 aliphatic heterocycles. The second-order valence-corrected chi connectivity index (χ2v) is 4.03. The fourth-order valence-electron chi connectivity index (χ4n) is 1.52. The lowest BCUT2D eigenvalue weighted by molar-refractivity contribution is 0.0962. The van der Waals surface area contributed by atoms with Gasteiger partial charge in [-0.3, -0.25) is 0 Å². The predicted molar refractivity (Wildman–Crippen MR) is 68.3 cm³/mol. The van der Waals surface area contributed by atoms with Gasteiger partial charge in [-0.2, -0.15) is 0 Å². The second-order valence-electron chi connectivity index (χ2n) is 4.03. The number of aliphatic hydroxyl groups is 1. The van der Waals surface area contributed by atoms with Crippen molar-refractivity contribution in [2.75, 3.05) is 19.8 Å². The van der Waals surface area contributed by atoms with Crippen LogP contribution in [0.1, 0.15) is 38.4 Å². The van der Waals surface area contributed by atoms with Gasteiger partial charge in [-0.25, -0.2) is 0 Å². The van der Waals surface area contributed by atoms with Crippen molar-refractivity contribution >= 4 is 0 Å². The topological polar surface area (TPSA) is 38.7 Å². The van der Waals surface area contributed by atoms with Gasteiger partial charge in [0.15, 0.2) is 0 Å². The van der Waals surface area contributed by atoms with E-state index in [1.807, 2.05) is 24.3 Å². The van der Waals surface area contributed by atoms with E-state index in [0.29, 0.717) is 13.2 Å². The number of hydrogen-bond donors (Lipinski definition) is 1. The molecule has 0 saturated carbocycles. The van der Waals surface area contributed by atoms with E-state index in [0.717, 1.165) is 30.8 Å². The zero-order valence-electron chi connectivity index (χ0n) is 10.7. The number of aliphatic hydroxyl groups excluding tert-OH is 1. The molecule has 3 heteroatoms. The molecule has 0 unspecified atom stereocenters. The lowest BCUT2D eigenvalue weighted by Crippen LogP contribution is -2.09. The number of benzene rings is 1. The third-order valence-electron chi connectivity index (χ3n) is 2.50. The van der Waals surface area contributed by atoms with Crippen LogP contribution in [0.4, 0.5) is 0 Å². The first kappa shape index (κ1) is 14.0. The third kappa shape index (κ3) is 5.20. The molecule has 1 atom stereocenters. The molecular weight excluding hydrogens is 216 g/mol. The van der Waals surface area contributed by atoms with Crippen LogP contribution in [-0.2, 0) is 4.74 Å². The van der Waals surface area contributed by atoms with Gasteiger partial charge < -0.3 is 14.6 Å². The maximum atomic E-state index is 9.57. The fraction of sp³-hybridized carbons (Fsp3) is 0.571. The molecule has 96 valence electrons. The molecular formula is C14H22O3. The molecule has 0 fully saturated rings. The normalized spacial score (nSPS) is 12.4. The largest absolute Gasteiger partial charge is 0.491 e. The zero-order chi connectivity index (χ0) is 12.5. The molecule has 1 aromatic carbocycles. The van der Waals surface area contributed by atoms with E-state index in [1.165, 1.54) is 0 Å². The highest BCUT2D eigenvalue weighted by molar-refractivity contribution is 5.34. The Bertz CT molecular complexity index is 310. The smallest absolute Gasteiger partial charge is 0.125 e. The third-order valence-corrected chi connectivity index (χ3v) is 2.50. The monoisotopic (exact) mass is 238 g/mol. The van der Waals surface area contributed by atoms with E-state index >= 15 is 0 Å². The van der Waals surface area contributed by atoms with Gasteiger partial charge in [-0.1, -0.05) is 31.5 Å². The van der Waals surface area contributed by atoms with Gasteiger partial charge in [0.2, 0.25) is 0 Å². The highest BCUT2D eigenvalue weighted by Crippen LogP contribution is 2.24. The van der Waals surface area contributed by atoms with E-state index in [9.17, 15) is 5.11 Å². The van der Waals surface area contributed by atoms with E-state index in [1.54, 1.807) is 6.92 Å². The molecule has 17 heavy (non-hydrogen) atoms. The summed E-state index contributed by atoms with van der Waals surface area (Å²) in [6.07, 6.45) is 1.72. The minimum Gasteiger partial charge on any atom is -0.491 e. The lowest BCUT2D eigenvalue weighted by atomic mass is 10.1. The fourth-order valence-corrected chi connectivity index (χ4v) is 1.52. The highest BCUT2D eigenvalue weighted by atomic mass is 16.5. The number of ether oxygens (including phenoxy) is 2. The van der Waals surface area contributed by atoms with Crippen molar-refractivity contribution in [3.05, 3.63) is 29.8 Å². The lowest BCUT2D eigenvalue weighted by Gasteiger charge is -2.13. The molecule has 0 radical (unpaired) electrons. The summed E-state index contributed by atoms with van der Waals surface area (Å²) in [7, 11) is 0. The number of rotatable bonds is 8. The van der Waals surface area contributed by atoms with Gasteiger partial charge in [0.25, 0.3) is 0 Å². The molecule has 1 aromatic rings. The van der Waals surface area contributed by atoms with Crippen LogP contribution in [0.25, 0.3) is 0 Å². The number of para-hydroxylation sites is 1. The Hall–Kier alpha value is -1.06. The minimum absolute atomic E-state index is 0.507. The van der Waals surface area contributed by atoms with Crippen molar-refractivity contribution in [2.45, 2.75) is 32.8 Å². The summed E-state index contributed by atoms with van der Waals surface area (Å²) in [4.78, 5) is 0. The predicted octanol–water partition coefficient (Wildman–Crippen LogP) is 2.94. The van der Waals surface area contributed by atoms with Gasteiger partial charge in [0, 0.05) is 12.2 Å². The molecule has 0 spiro atoms. The summed E-state index contributed by atoms with van der Waals surface area (Å²) in [5.41, 5.74) is 0.820. The molecule has 1 N–H and O–H groups in total. The summed E-state index contributed by atoms with van der Waals surface area (Å²) in [6, 6.07) is 7.54. The zero-order valence-corrected chi connectivity index (χ0v) is 10.7. The Labute approximate surface area is 103 Å². The van der Waals surface area contributed by atoms with Crippen LogP contribution in [0.3, 0.4) is 0 Å². The van der Waals surface area contributed by atoms with Crippen molar-refractivity contribution in [1.29, 1.82) is 0 Å². The minimum atomic E-state index is -0.507. The van der Waals surface area contributed by atoms with Gasteiger partial charge in [0.1, 0.15) is 12.4 Å². The van der Waals surface area contributed by atoms with Crippen molar-refractivity contribution in [1.82, 2.24) is 0 Å².